The number of carbonyl (C=O) groups is 1. The standard InChI is InChI=1S/C45H88NO7P/c1-3-5-7-9-11-13-15-17-19-21-23-25-27-29-31-33-35-37-40-50-42-44(43-52-54(48,49)51-41-39-46)53-45(47)38-36-34-32-30-28-26-24-22-20-18-16-14-12-10-8-6-4-2/h12,14,18,20,44H,3-11,13,15-17,19,21-43,46H2,1-2H3,(H,48,49)/b14-12-,20-18-. The molecular weight excluding hydrogens is 697 g/mol. The van der Waals surface area contributed by atoms with Gasteiger partial charge < -0.3 is 20.1 Å². The van der Waals surface area contributed by atoms with E-state index in [2.05, 4.69) is 38.2 Å². The fourth-order valence-electron chi connectivity index (χ4n) is 6.50. The molecule has 0 rings (SSSR count). The van der Waals surface area contributed by atoms with E-state index in [1.807, 2.05) is 0 Å². The highest BCUT2D eigenvalue weighted by Crippen LogP contribution is 2.43. The molecule has 0 aliphatic carbocycles. The summed E-state index contributed by atoms with van der Waals surface area (Å²) in [5.74, 6) is -0.335. The number of ether oxygens (including phenoxy) is 2. The number of esters is 1. The van der Waals surface area contributed by atoms with Gasteiger partial charge in [0, 0.05) is 19.6 Å². The molecule has 3 N–H and O–H groups in total. The fraction of sp³-hybridized carbons (Fsp3) is 0.889. The van der Waals surface area contributed by atoms with Gasteiger partial charge in [-0.3, -0.25) is 13.8 Å². The summed E-state index contributed by atoms with van der Waals surface area (Å²) in [6, 6.07) is 0. The highest BCUT2D eigenvalue weighted by Gasteiger charge is 2.25. The van der Waals surface area contributed by atoms with E-state index < -0.39 is 13.9 Å². The molecule has 0 saturated carbocycles. The summed E-state index contributed by atoms with van der Waals surface area (Å²) in [6.45, 7) is 4.93. The van der Waals surface area contributed by atoms with Gasteiger partial charge in [-0.1, -0.05) is 192 Å². The summed E-state index contributed by atoms with van der Waals surface area (Å²) in [5.41, 5.74) is 5.37. The molecule has 8 nitrogen and oxygen atoms in total. The Morgan fingerprint density at radius 1 is 0.556 bits per heavy atom. The monoisotopic (exact) mass is 786 g/mol. The van der Waals surface area contributed by atoms with Gasteiger partial charge in [0.05, 0.1) is 19.8 Å². The third kappa shape index (κ3) is 42.1. The second kappa shape index (κ2) is 43.1. The fourth-order valence-corrected chi connectivity index (χ4v) is 7.26. The smallest absolute Gasteiger partial charge is 0.457 e. The zero-order valence-electron chi connectivity index (χ0n) is 35.5. The van der Waals surface area contributed by atoms with E-state index in [4.69, 9.17) is 24.3 Å². The minimum Gasteiger partial charge on any atom is -0.457 e. The second-order valence-corrected chi connectivity index (χ2v) is 16.7. The lowest BCUT2D eigenvalue weighted by atomic mass is 10.0. The molecule has 2 atom stereocenters. The molecule has 0 saturated heterocycles. The van der Waals surface area contributed by atoms with Crippen molar-refractivity contribution < 1.29 is 32.8 Å². The topological polar surface area (TPSA) is 117 Å². The Hall–Kier alpha value is -1.02. The summed E-state index contributed by atoms with van der Waals surface area (Å²) in [6.07, 6.45) is 47.6. The number of hydrogen-bond acceptors (Lipinski definition) is 7. The van der Waals surface area contributed by atoms with Crippen LogP contribution in [-0.4, -0.2) is 49.9 Å². The van der Waals surface area contributed by atoms with Crippen molar-refractivity contribution in [2.75, 3.05) is 33.0 Å². The largest absolute Gasteiger partial charge is 0.472 e. The summed E-state index contributed by atoms with van der Waals surface area (Å²) >= 11 is 0. The van der Waals surface area contributed by atoms with Crippen molar-refractivity contribution in [3.63, 3.8) is 0 Å². The Kier molecular flexibility index (Phi) is 42.3. The van der Waals surface area contributed by atoms with E-state index in [1.165, 1.54) is 154 Å². The number of carbonyl (C=O) groups excluding carboxylic acids is 1. The Balaban J connectivity index is 3.99. The maximum Gasteiger partial charge on any atom is 0.472 e. The van der Waals surface area contributed by atoms with Crippen LogP contribution < -0.4 is 5.73 Å². The summed E-state index contributed by atoms with van der Waals surface area (Å²) in [5, 5.41) is 0. The normalized spacial score (nSPS) is 13.6. The lowest BCUT2D eigenvalue weighted by Crippen LogP contribution is -2.28. The third-order valence-corrected chi connectivity index (χ3v) is 10.9. The molecule has 0 radical (unpaired) electrons. The molecule has 0 fully saturated rings. The SMILES string of the molecule is CCCCC/C=C\C/C=C\CCCCCCCCCC(=O)OC(COCCCCCCCCCCCCCCCCCCCC)COP(=O)(O)OCCN. The first-order valence-electron chi connectivity index (χ1n) is 22.8. The molecule has 0 spiro atoms. The van der Waals surface area contributed by atoms with Crippen molar-refractivity contribution in [1.82, 2.24) is 0 Å². The predicted molar refractivity (Wildman–Crippen MR) is 229 cm³/mol. The molecule has 0 aromatic heterocycles. The molecule has 0 heterocycles. The maximum atomic E-state index is 12.6. The highest BCUT2D eigenvalue weighted by atomic mass is 31.2. The second-order valence-electron chi connectivity index (χ2n) is 15.3. The van der Waals surface area contributed by atoms with Gasteiger partial charge in [-0.05, 0) is 44.9 Å². The van der Waals surface area contributed by atoms with Gasteiger partial charge in [-0.25, -0.2) is 4.57 Å². The first kappa shape index (κ1) is 53.0. The molecule has 0 bridgehead atoms. The summed E-state index contributed by atoms with van der Waals surface area (Å²) in [4.78, 5) is 22.5. The van der Waals surface area contributed by atoms with E-state index in [0.717, 1.165) is 44.9 Å². The quantitative estimate of drug-likeness (QED) is 0.0271. The molecule has 0 aromatic carbocycles. The van der Waals surface area contributed by atoms with E-state index >= 15 is 0 Å². The van der Waals surface area contributed by atoms with E-state index in [-0.39, 0.29) is 32.3 Å². The van der Waals surface area contributed by atoms with Crippen LogP contribution in [0.15, 0.2) is 24.3 Å². The summed E-state index contributed by atoms with van der Waals surface area (Å²) in [7, 11) is -4.28. The molecule has 54 heavy (non-hydrogen) atoms. The molecule has 320 valence electrons. The van der Waals surface area contributed by atoms with Crippen LogP contribution in [-0.2, 0) is 27.9 Å². The number of phosphoric ester groups is 1. The minimum absolute atomic E-state index is 0.0950. The van der Waals surface area contributed by atoms with E-state index in [0.29, 0.717) is 13.0 Å². The van der Waals surface area contributed by atoms with Gasteiger partial charge in [0.15, 0.2) is 0 Å². The first-order chi connectivity index (χ1) is 26.4. The van der Waals surface area contributed by atoms with E-state index in [9.17, 15) is 14.3 Å². The van der Waals surface area contributed by atoms with Crippen LogP contribution in [0, 0.1) is 0 Å². The van der Waals surface area contributed by atoms with Gasteiger partial charge in [0.2, 0.25) is 0 Å². The summed E-state index contributed by atoms with van der Waals surface area (Å²) < 4.78 is 33.5. The van der Waals surface area contributed by atoms with E-state index in [1.54, 1.807) is 0 Å². The number of allylic oxidation sites excluding steroid dienone is 4. The van der Waals surface area contributed by atoms with Crippen LogP contribution in [0.3, 0.4) is 0 Å². The average molecular weight is 786 g/mol. The zero-order chi connectivity index (χ0) is 39.5. The van der Waals surface area contributed by atoms with Gasteiger partial charge >= 0.3 is 13.8 Å². The Morgan fingerprint density at radius 3 is 1.48 bits per heavy atom. The molecule has 0 aromatic rings. The van der Waals surface area contributed by atoms with Crippen LogP contribution in [0.2, 0.25) is 0 Å². The Morgan fingerprint density at radius 2 is 0.981 bits per heavy atom. The number of nitrogens with two attached hydrogens (primary N) is 1. The Bertz CT molecular complexity index is 884. The average Bonchev–Trinajstić information content (AvgIpc) is 3.16. The van der Waals surface area contributed by atoms with Crippen LogP contribution in [0.4, 0.5) is 0 Å². The van der Waals surface area contributed by atoms with Crippen molar-refractivity contribution in [2.45, 2.75) is 225 Å². The molecular formula is C45H88NO7P. The van der Waals surface area contributed by atoms with Crippen molar-refractivity contribution in [2.24, 2.45) is 5.73 Å². The van der Waals surface area contributed by atoms with Gasteiger partial charge in [-0.2, -0.15) is 0 Å². The van der Waals surface area contributed by atoms with Crippen molar-refractivity contribution in [3.05, 3.63) is 24.3 Å². The Labute approximate surface area is 334 Å². The molecule has 0 aliphatic heterocycles. The van der Waals surface area contributed by atoms with Crippen LogP contribution in [0.5, 0.6) is 0 Å². The molecule has 9 heteroatoms. The van der Waals surface area contributed by atoms with Crippen molar-refractivity contribution >= 4 is 13.8 Å². The predicted octanol–water partition coefficient (Wildman–Crippen LogP) is 13.6. The maximum absolute atomic E-state index is 12.6. The van der Waals surface area contributed by atoms with Gasteiger partial charge in [-0.15, -0.1) is 0 Å². The van der Waals surface area contributed by atoms with Crippen LogP contribution in [0.1, 0.15) is 219 Å². The highest BCUT2D eigenvalue weighted by molar-refractivity contribution is 7.47. The number of hydrogen-bond donors (Lipinski definition) is 2. The lowest BCUT2D eigenvalue weighted by Gasteiger charge is -2.20. The van der Waals surface area contributed by atoms with Crippen molar-refractivity contribution in [1.29, 1.82) is 0 Å². The number of unbranched alkanes of at least 4 members (excludes halogenated alkanes) is 27. The molecule has 0 aliphatic rings. The van der Waals surface area contributed by atoms with Gasteiger partial charge in [0.25, 0.3) is 0 Å². The zero-order valence-corrected chi connectivity index (χ0v) is 36.4. The third-order valence-electron chi connectivity index (χ3n) is 9.87. The number of rotatable bonds is 44. The lowest BCUT2D eigenvalue weighted by molar-refractivity contribution is -0.154. The molecule has 0 amide bonds. The minimum atomic E-state index is -4.28. The van der Waals surface area contributed by atoms with Crippen LogP contribution >= 0.6 is 7.82 Å². The number of phosphoric acid groups is 1. The molecule has 2 unspecified atom stereocenters. The van der Waals surface area contributed by atoms with Crippen LogP contribution in [0.25, 0.3) is 0 Å². The van der Waals surface area contributed by atoms with Gasteiger partial charge in [0.1, 0.15) is 6.10 Å². The van der Waals surface area contributed by atoms with Crippen molar-refractivity contribution in [3.8, 4) is 0 Å². The first-order valence-corrected chi connectivity index (χ1v) is 24.3.